The van der Waals surface area contributed by atoms with Crippen molar-refractivity contribution in [1.29, 1.82) is 0 Å². The summed E-state index contributed by atoms with van der Waals surface area (Å²) in [6.45, 7) is 6.07. The summed E-state index contributed by atoms with van der Waals surface area (Å²) in [6, 6.07) is 14.3. The van der Waals surface area contributed by atoms with Crippen LogP contribution in [0.15, 0.2) is 65.8 Å². The summed E-state index contributed by atoms with van der Waals surface area (Å²) in [5.41, 5.74) is 2.15. The lowest BCUT2D eigenvalue weighted by atomic mass is 10.2. The molecule has 0 aliphatic heterocycles. The first-order chi connectivity index (χ1) is 14.4. The third-order valence-corrected chi connectivity index (χ3v) is 6.91. The van der Waals surface area contributed by atoms with Gasteiger partial charge in [0.1, 0.15) is 0 Å². The average molecular weight is 425 g/mol. The van der Waals surface area contributed by atoms with E-state index in [1.165, 1.54) is 22.8 Å². The van der Waals surface area contributed by atoms with E-state index in [0.717, 1.165) is 5.56 Å². The standard InChI is InChI=1S/C22H24N4O3S/c1-4-26(5-2)30(28,29)20-13-19(12-11-16(20)3)25-22(27)18-14-23-21(24-15-18)17-9-7-6-8-10-17/h6-15H,4-5H2,1-3H3,(H,25,27). The molecule has 0 spiro atoms. The molecule has 0 radical (unpaired) electrons. The molecule has 0 fully saturated rings. The van der Waals surface area contributed by atoms with E-state index in [0.29, 0.717) is 30.2 Å². The molecule has 0 atom stereocenters. The summed E-state index contributed by atoms with van der Waals surface area (Å²) in [6.07, 6.45) is 2.90. The van der Waals surface area contributed by atoms with E-state index >= 15 is 0 Å². The Bertz CT molecular complexity index is 1130. The summed E-state index contributed by atoms with van der Waals surface area (Å²) in [4.78, 5) is 21.3. The van der Waals surface area contributed by atoms with Crippen LogP contribution in [0, 0.1) is 6.92 Å². The molecular weight excluding hydrogens is 400 g/mol. The van der Waals surface area contributed by atoms with E-state index in [4.69, 9.17) is 0 Å². The molecule has 1 N–H and O–H groups in total. The number of nitrogens with zero attached hydrogens (tertiary/aromatic N) is 3. The van der Waals surface area contributed by atoms with E-state index in [9.17, 15) is 13.2 Å². The molecule has 0 aliphatic rings. The number of carbonyl (C=O) groups is 1. The van der Waals surface area contributed by atoms with Gasteiger partial charge in [-0.3, -0.25) is 4.79 Å². The van der Waals surface area contributed by atoms with Gasteiger partial charge in [-0.05, 0) is 24.6 Å². The summed E-state index contributed by atoms with van der Waals surface area (Å²) in [5, 5.41) is 2.73. The van der Waals surface area contributed by atoms with Crippen molar-refractivity contribution in [3.05, 3.63) is 72.1 Å². The topological polar surface area (TPSA) is 92.3 Å². The molecule has 1 heterocycles. The molecule has 0 saturated carbocycles. The van der Waals surface area contributed by atoms with Gasteiger partial charge in [0, 0.05) is 36.7 Å². The minimum absolute atomic E-state index is 0.180. The molecule has 3 rings (SSSR count). The molecule has 1 aromatic heterocycles. The minimum atomic E-state index is -3.63. The van der Waals surface area contributed by atoms with Crippen molar-refractivity contribution < 1.29 is 13.2 Å². The van der Waals surface area contributed by atoms with Crippen LogP contribution in [0.3, 0.4) is 0 Å². The Morgan fingerprint density at radius 2 is 1.63 bits per heavy atom. The fourth-order valence-electron chi connectivity index (χ4n) is 3.04. The van der Waals surface area contributed by atoms with Gasteiger partial charge >= 0.3 is 0 Å². The minimum Gasteiger partial charge on any atom is -0.322 e. The number of rotatable bonds is 7. The van der Waals surface area contributed by atoms with E-state index in [1.807, 2.05) is 30.3 Å². The fourth-order valence-corrected chi connectivity index (χ4v) is 4.75. The number of hydrogen-bond donors (Lipinski definition) is 1. The van der Waals surface area contributed by atoms with Crippen LogP contribution in [0.5, 0.6) is 0 Å². The van der Waals surface area contributed by atoms with Gasteiger partial charge in [-0.1, -0.05) is 50.2 Å². The lowest BCUT2D eigenvalue weighted by Crippen LogP contribution is -2.31. The number of aryl methyl sites for hydroxylation is 1. The highest BCUT2D eigenvalue weighted by atomic mass is 32.2. The molecule has 0 bridgehead atoms. The molecule has 3 aromatic rings. The van der Waals surface area contributed by atoms with E-state index in [1.54, 1.807) is 32.9 Å². The largest absolute Gasteiger partial charge is 0.322 e. The maximum absolute atomic E-state index is 12.9. The lowest BCUT2D eigenvalue weighted by molar-refractivity contribution is 0.102. The van der Waals surface area contributed by atoms with Gasteiger partial charge in [0.15, 0.2) is 5.82 Å². The van der Waals surface area contributed by atoms with Crippen molar-refractivity contribution in [2.45, 2.75) is 25.7 Å². The molecule has 156 valence electrons. The summed E-state index contributed by atoms with van der Waals surface area (Å²) in [7, 11) is -3.63. The van der Waals surface area contributed by atoms with Gasteiger partial charge in [0.25, 0.3) is 5.91 Å². The number of amides is 1. The Balaban J connectivity index is 1.82. The van der Waals surface area contributed by atoms with Crippen molar-refractivity contribution in [2.75, 3.05) is 18.4 Å². The number of aromatic nitrogens is 2. The van der Waals surface area contributed by atoms with Crippen molar-refractivity contribution in [3.8, 4) is 11.4 Å². The van der Waals surface area contributed by atoms with Gasteiger partial charge in [-0.15, -0.1) is 0 Å². The van der Waals surface area contributed by atoms with Crippen molar-refractivity contribution in [2.24, 2.45) is 0 Å². The number of carbonyl (C=O) groups excluding carboxylic acids is 1. The molecule has 7 nitrogen and oxygen atoms in total. The van der Waals surface area contributed by atoms with Crippen LogP contribution in [-0.2, 0) is 10.0 Å². The Kier molecular flexibility index (Phi) is 6.59. The maximum atomic E-state index is 12.9. The molecule has 0 unspecified atom stereocenters. The first kappa shape index (κ1) is 21.6. The second-order valence-electron chi connectivity index (χ2n) is 6.69. The molecule has 30 heavy (non-hydrogen) atoms. The van der Waals surface area contributed by atoms with Crippen LogP contribution in [0.4, 0.5) is 5.69 Å². The number of nitrogens with one attached hydrogen (secondary N) is 1. The smallest absolute Gasteiger partial charge is 0.258 e. The Morgan fingerprint density at radius 3 is 2.23 bits per heavy atom. The first-order valence-electron chi connectivity index (χ1n) is 9.66. The van der Waals surface area contributed by atoms with Gasteiger partial charge < -0.3 is 5.32 Å². The molecule has 0 aliphatic carbocycles. The summed E-state index contributed by atoms with van der Waals surface area (Å²) >= 11 is 0. The van der Waals surface area contributed by atoms with Crippen molar-refractivity contribution >= 4 is 21.6 Å². The first-order valence-corrected chi connectivity index (χ1v) is 11.1. The molecular formula is C22H24N4O3S. The van der Waals surface area contributed by atoms with Crippen LogP contribution in [0.1, 0.15) is 29.8 Å². The van der Waals surface area contributed by atoms with E-state index < -0.39 is 15.9 Å². The lowest BCUT2D eigenvalue weighted by Gasteiger charge is -2.20. The van der Waals surface area contributed by atoms with Crippen LogP contribution >= 0.6 is 0 Å². The quantitative estimate of drug-likeness (QED) is 0.624. The second kappa shape index (κ2) is 9.15. The highest BCUT2D eigenvalue weighted by Crippen LogP contribution is 2.24. The summed E-state index contributed by atoms with van der Waals surface area (Å²) < 4.78 is 27.2. The Labute approximate surface area is 176 Å². The van der Waals surface area contributed by atoms with Gasteiger partial charge in [0.2, 0.25) is 10.0 Å². The van der Waals surface area contributed by atoms with Crippen molar-refractivity contribution in [3.63, 3.8) is 0 Å². The van der Waals surface area contributed by atoms with Crippen molar-refractivity contribution in [1.82, 2.24) is 14.3 Å². The van der Waals surface area contributed by atoms with Crippen LogP contribution < -0.4 is 5.32 Å². The number of sulfonamides is 1. The average Bonchev–Trinajstić information content (AvgIpc) is 2.76. The third-order valence-electron chi connectivity index (χ3n) is 4.72. The van der Waals surface area contributed by atoms with Gasteiger partial charge in [0.05, 0.1) is 10.5 Å². The normalized spacial score (nSPS) is 11.5. The molecule has 2 aromatic carbocycles. The molecule has 0 saturated heterocycles. The van der Waals surface area contributed by atoms with Crippen LogP contribution in [-0.4, -0.2) is 41.7 Å². The van der Waals surface area contributed by atoms with E-state index in [2.05, 4.69) is 15.3 Å². The predicted molar refractivity (Wildman–Crippen MR) is 117 cm³/mol. The Hall–Kier alpha value is -3.10. The zero-order valence-electron chi connectivity index (χ0n) is 17.2. The van der Waals surface area contributed by atoms with Gasteiger partial charge in [-0.2, -0.15) is 4.31 Å². The third kappa shape index (κ3) is 4.55. The number of hydrogen-bond acceptors (Lipinski definition) is 5. The summed E-state index contributed by atoms with van der Waals surface area (Å²) in [5.74, 6) is 0.111. The maximum Gasteiger partial charge on any atom is 0.258 e. The second-order valence-corrected chi connectivity index (χ2v) is 8.59. The Morgan fingerprint density at radius 1 is 1.00 bits per heavy atom. The SMILES string of the molecule is CCN(CC)S(=O)(=O)c1cc(NC(=O)c2cnc(-c3ccccc3)nc2)ccc1C. The highest BCUT2D eigenvalue weighted by Gasteiger charge is 2.24. The number of benzene rings is 2. The monoisotopic (exact) mass is 424 g/mol. The van der Waals surface area contributed by atoms with E-state index in [-0.39, 0.29) is 10.5 Å². The predicted octanol–water partition coefficient (Wildman–Crippen LogP) is 3.73. The number of anilines is 1. The zero-order chi connectivity index (χ0) is 21.7. The molecule has 8 heteroatoms. The van der Waals surface area contributed by atoms with Crippen LogP contribution in [0.2, 0.25) is 0 Å². The highest BCUT2D eigenvalue weighted by molar-refractivity contribution is 7.89. The zero-order valence-corrected chi connectivity index (χ0v) is 18.0. The van der Waals surface area contributed by atoms with Crippen LogP contribution in [0.25, 0.3) is 11.4 Å². The molecule has 1 amide bonds. The van der Waals surface area contributed by atoms with Gasteiger partial charge in [-0.25, -0.2) is 18.4 Å². The fraction of sp³-hybridized carbons (Fsp3) is 0.227.